The average Bonchev–Trinajstić information content (AvgIpc) is 2.94. The third-order valence-corrected chi connectivity index (χ3v) is 3.99. The fraction of sp³-hybridized carbons (Fsp3) is 0.250. The van der Waals surface area contributed by atoms with Gasteiger partial charge in [0.2, 0.25) is 0 Å². The molecule has 0 aromatic heterocycles. The second-order valence-corrected chi connectivity index (χ2v) is 5.56. The largest absolute Gasteiger partial charge is 0.493 e. The summed E-state index contributed by atoms with van der Waals surface area (Å²) in [5.74, 6) is 6.26. The van der Waals surface area contributed by atoms with Crippen LogP contribution in [0.15, 0.2) is 36.4 Å². The van der Waals surface area contributed by atoms with E-state index >= 15 is 0 Å². The lowest BCUT2D eigenvalue weighted by atomic mass is 9.97. The number of fused-ring (bicyclic) bond motifs is 1. The molecule has 0 saturated carbocycles. The highest BCUT2D eigenvalue weighted by molar-refractivity contribution is 6.30. The van der Waals surface area contributed by atoms with Crippen LogP contribution in [0.5, 0.6) is 5.75 Å². The first-order valence-corrected chi connectivity index (χ1v) is 7.21. The molecule has 1 aliphatic heterocycles. The minimum absolute atomic E-state index is 0.161. The van der Waals surface area contributed by atoms with Crippen LogP contribution in [-0.2, 0) is 12.8 Å². The van der Waals surface area contributed by atoms with Crippen LogP contribution < -0.4 is 16.0 Å². The predicted octanol–water partition coefficient (Wildman–Crippen LogP) is 3.16. The number of rotatable bonds is 4. The lowest BCUT2D eigenvalue weighted by molar-refractivity contribution is 0.356. The molecule has 3 N–H and O–H groups in total. The van der Waals surface area contributed by atoms with Crippen LogP contribution in [0.2, 0.25) is 5.02 Å². The van der Waals surface area contributed by atoms with Gasteiger partial charge in [0.1, 0.15) is 11.6 Å². The van der Waals surface area contributed by atoms with E-state index in [0.717, 1.165) is 17.7 Å². The Morgan fingerprint density at radius 3 is 2.90 bits per heavy atom. The van der Waals surface area contributed by atoms with Crippen molar-refractivity contribution in [3.8, 4) is 5.75 Å². The zero-order valence-electron chi connectivity index (χ0n) is 11.4. The number of hydrogen-bond donors (Lipinski definition) is 2. The van der Waals surface area contributed by atoms with Crippen molar-refractivity contribution in [3.63, 3.8) is 0 Å². The van der Waals surface area contributed by atoms with E-state index in [9.17, 15) is 4.39 Å². The Hall–Kier alpha value is -1.62. The number of ether oxygens (including phenoxy) is 1. The fourth-order valence-corrected chi connectivity index (χ4v) is 2.76. The molecular formula is C16H16ClFN2O. The molecule has 5 heteroatoms. The lowest BCUT2D eigenvalue weighted by Crippen LogP contribution is -2.29. The Labute approximate surface area is 127 Å². The summed E-state index contributed by atoms with van der Waals surface area (Å²) in [7, 11) is 0. The van der Waals surface area contributed by atoms with E-state index in [0.29, 0.717) is 23.6 Å². The first kappa shape index (κ1) is 14.3. The summed E-state index contributed by atoms with van der Waals surface area (Å²) in [5, 5.41) is 0.392. The standard InChI is InChI=1S/C16H16ClFN2O/c17-13-3-1-10(14(18)9-13)8-15(20-19)11-2-4-16-12(7-11)5-6-21-16/h1-4,7,9,15,20H,5-6,8,19H2. The third kappa shape index (κ3) is 3.02. The van der Waals surface area contributed by atoms with Crippen LogP contribution in [0.3, 0.4) is 0 Å². The smallest absolute Gasteiger partial charge is 0.127 e. The molecule has 0 bridgehead atoms. The topological polar surface area (TPSA) is 47.3 Å². The maximum absolute atomic E-state index is 13.9. The van der Waals surface area contributed by atoms with Crippen molar-refractivity contribution >= 4 is 11.6 Å². The maximum Gasteiger partial charge on any atom is 0.127 e. The summed E-state index contributed by atoms with van der Waals surface area (Å²) in [5.41, 5.74) is 5.54. The first-order chi connectivity index (χ1) is 10.2. The molecule has 2 aromatic rings. The van der Waals surface area contributed by atoms with Gasteiger partial charge in [-0.05, 0) is 41.3 Å². The molecule has 0 aliphatic carbocycles. The fourth-order valence-electron chi connectivity index (χ4n) is 2.60. The molecule has 0 saturated heterocycles. The van der Waals surface area contributed by atoms with Gasteiger partial charge in [0.15, 0.2) is 0 Å². The predicted molar refractivity (Wildman–Crippen MR) is 80.8 cm³/mol. The molecule has 110 valence electrons. The summed E-state index contributed by atoms with van der Waals surface area (Å²) >= 11 is 5.77. The Bertz CT molecular complexity index is 663. The monoisotopic (exact) mass is 306 g/mol. The van der Waals surface area contributed by atoms with Crippen molar-refractivity contribution in [3.05, 3.63) is 63.9 Å². The molecule has 1 aliphatic rings. The molecule has 0 spiro atoms. The Kier molecular flexibility index (Phi) is 4.10. The SMILES string of the molecule is NNC(Cc1ccc(Cl)cc1F)c1ccc2c(c1)CCO2. The number of nitrogens with one attached hydrogen (secondary N) is 1. The second-order valence-electron chi connectivity index (χ2n) is 5.12. The van der Waals surface area contributed by atoms with Crippen LogP contribution in [0.1, 0.15) is 22.7 Å². The lowest BCUT2D eigenvalue weighted by Gasteiger charge is -2.17. The quantitative estimate of drug-likeness (QED) is 0.674. The molecule has 3 nitrogen and oxygen atoms in total. The number of nitrogens with two attached hydrogens (primary N) is 1. The molecule has 2 aromatic carbocycles. The van der Waals surface area contributed by atoms with Crippen LogP contribution >= 0.6 is 11.6 Å². The number of halogens is 2. The molecular weight excluding hydrogens is 291 g/mol. The summed E-state index contributed by atoms with van der Waals surface area (Å²) in [6.45, 7) is 0.714. The highest BCUT2D eigenvalue weighted by Gasteiger charge is 2.18. The van der Waals surface area contributed by atoms with E-state index in [4.69, 9.17) is 22.2 Å². The van der Waals surface area contributed by atoms with E-state index in [1.165, 1.54) is 11.6 Å². The molecule has 1 atom stereocenters. The van der Waals surface area contributed by atoms with Gasteiger partial charge in [-0.1, -0.05) is 29.8 Å². The van der Waals surface area contributed by atoms with Gasteiger partial charge in [-0.25, -0.2) is 4.39 Å². The van der Waals surface area contributed by atoms with E-state index in [-0.39, 0.29) is 11.9 Å². The summed E-state index contributed by atoms with van der Waals surface area (Å²) in [6.07, 6.45) is 1.36. The number of hydrogen-bond acceptors (Lipinski definition) is 3. The number of hydrazine groups is 1. The second kappa shape index (κ2) is 6.02. The van der Waals surface area contributed by atoms with Crippen molar-refractivity contribution in [1.29, 1.82) is 0 Å². The van der Waals surface area contributed by atoms with Gasteiger partial charge in [0, 0.05) is 11.4 Å². The van der Waals surface area contributed by atoms with Crippen molar-refractivity contribution in [2.75, 3.05) is 6.61 Å². The zero-order valence-corrected chi connectivity index (χ0v) is 12.2. The van der Waals surface area contributed by atoms with Gasteiger partial charge in [0.05, 0.1) is 12.6 Å². The first-order valence-electron chi connectivity index (χ1n) is 6.83. The molecule has 1 heterocycles. The molecule has 0 amide bonds. The van der Waals surface area contributed by atoms with E-state index < -0.39 is 0 Å². The highest BCUT2D eigenvalue weighted by Crippen LogP contribution is 2.29. The maximum atomic E-state index is 13.9. The molecule has 3 rings (SSSR count). The van der Waals surface area contributed by atoms with Gasteiger partial charge in [-0.2, -0.15) is 0 Å². The summed E-state index contributed by atoms with van der Waals surface area (Å²) in [4.78, 5) is 0. The van der Waals surface area contributed by atoms with E-state index in [2.05, 4.69) is 11.5 Å². The third-order valence-electron chi connectivity index (χ3n) is 3.76. The minimum atomic E-state index is -0.313. The van der Waals surface area contributed by atoms with E-state index in [1.54, 1.807) is 12.1 Å². The van der Waals surface area contributed by atoms with E-state index in [1.807, 2.05) is 12.1 Å². The van der Waals surface area contributed by atoms with Crippen molar-refractivity contribution in [1.82, 2.24) is 5.43 Å². The molecule has 1 unspecified atom stereocenters. The summed E-state index contributed by atoms with van der Waals surface area (Å²) < 4.78 is 19.4. The Balaban J connectivity index is 1.85. The van der Waals surface area contributed by atoms with Gasteiger partial charge in [0.25, 0.3) is 0 Å². The average molecular weight is 307 g/mol. The van der Waals surface area contributed by atoms with Crippen molar-refractivity contribution in [2.24, 2.45) is 5.84 Å². The van der Waals surface area contributed by atoms with Crippen LogP contribution in [-0.4, -0.2) is 6.61 Å². The van der Waals surface area contributed by atoms with Gasteiger partial charge >= 0.3 is 0 Å². The minimum Gasteiger partial charge on any atom is -0.493 e. The zero-order chi connectivity index (χ0) is 14.8. The van der Waals surface area contributed by atoms with Gasteiger partial charge in [-0.3, -0.25) is 11.3 Å². The highest BCUT2D eigenvalue weighted by atomic mass is 35.5. The number of benzene rings is 2. The Morgan fingerprint density at radius 2 is 2.14 bits per heavy atom. The van der Waals surface area contributed by atoms with Crippen LogP contribution in [0.25, 0.3) is 0 Å². The summed E-state index contributed by atoms with van der Waals surface area (Å²) in [6, 6.07) is 10.5. The van der Waals surface area contributed by atoms with Crippen molar-refractivity contribution in [2.45, 2.75) is 18.9 Å². The normalized spacial score (nSPS) is 14.6. The molecule has 21 heavy (non-hydrogen) atoms. The van der Waals surface area contributed by atoms with Gasteiger partial charge < -0.3 is 4.74 Å². The Morgan fingerprint density at radius 1 is 1.29 bits per heavy atom. The molecule has 0 fully saturated rings. The van der Waals surface area contributed by atoms with Gasteiger partial charge in [-0.15, -0.1) is 0 Å². The van der Waals surface area contributed by atoms with Crippen LogP contribution in [0, 0.1) is 5.82 Å². The molecule has 0 radical (unpaired) electrons. The van der Waals surface area contributed by atoms with Crippen molar-refractivity contribution < 1.29 is 9.13 Å². The van der Waals surface area contributed by atoms with Crippen LogP contribution in [0.4, 0.5) is 4.39 Å².